The fourth-order valence-corrected chi connectivity index (χ4v) is 5.30. The lowest BCUT2D eigenvalue weighted by atomic mass is 9.80. The SMILES string of the molecule is COC(=O)C(c1ccccc1)c1cc2c(cc1OC)N(C(=O)C(C)(C)C)[C@H]1CCCC[C@@H]21. The van der Waals surface area contributed by atoms with Gasteiger partial charge >= 0.3 is 5.97 Å². The highest BCUT2D eigenvalue weighted by Crippen LogP contribution is 2.52. The molecule has 2 aliphatic rings. The molecular weight excluding hydrogens is 402 g/mol. The van der Waals surface area contributed by atoms with E-state index in [9.17, 15) is 9.59 Å². The quantitative estimate of drug-likeness (QED) is 0.602. The third kappa shape index (κ3) is 3.78. The number of hydrogen-bond donors (Lipinski definition) is 0. The standard InChI is InChI=1S/C27H33NO4/c1-27(2,3)26(30)28-21-14-10-9-13-18(21)19-15-20(23(31-4)16-22(19)28)24(25(29)32-5)17-11-7-6-8-12-17/h6-8,11-12,15-16,18,21,24H,9-10,13-14H2,1-5H3/t18-,21-,24?/m0/s1. The monoisotopic (exact) mass is 435 g/mol. The van der Waals surface area contributed by atoms with Gasteiger partial charge in [-0.1, -0.05) is 63.9 Å². The highest BCUT2D eigenvalue weighted by Gasteiger charge is 2.46. The van der Waals surface area contributed by atoms with Crippen molar-refractivity contribution in [3.05, 3.63) is 59.2 Å². The Labute approximate surface area is 190 Å². The molecule has 5 nitrogen and oxygen atoms in total. The van der Waals surface area contributed by atoms with Crippen LogP contribution in [0, 0.1) is 5.41 Å². The van der Waals surface area contributed by atoms with Gasteiger partial charge in [-0.25, -0.2) is 0 Å². The van der Waals surface area contributed by atoms with Gasteiger partial charge in [0.1, 0.15) is 11.7 Å². The molecule has 1 unspecified atom stereocenters. The van der Waals surface area contributed by atoms with E-state index < -0.39 is 11.3 Å². The van der Waals surface area contributed by atoms with Crippen LogP contribution >= 0.6 is 0 Å². The molecule has 0 saturated heterocycles. The van der Waals surface area contributed by atoms with Crippen LogP contribution in [0.15, 0.2) is 42.5 Å². The third-order valence-electron chi connectivity index (χ3n) is 6.84. The number of carbonyl (C=O) groups is 2. The first-order valence-corrected chi connectivity index (χ1v) is 11.5. The van der Waals surface area contributed by atoms with Gasteiger partial charge in [0.25, 0.3) is 0 Å². The van der Waals surface area contributed by atoms with Gasteiger partial charge in [0.15, 0.2) is 0 Å². The molecule has 0 N–H and O–H groups in total. The van der Waals surface area contributed by atoms with Crippen LogP contribution in [0.2, 0.25) is 0 Å². The maximum absolute atomic E-state index is 13.5. The molecular formula is C27H33NO4. The molecule has 1 saturated carbocycles. The minimum atomic E-state index is -0.587. The van der Waals surface area contributed by atoms with E-state index in [2.05, 4.69) is 6.07 Å². The van der Waals surface area contributed by atoms with Gasteiger partial charge in [-0.2, -0.15) is 0 Å². The summed E-state index contributed by atoms with van der Waals surface area (Å²) in [6.45, 7) is 5.92. The average molecular weight is 436 g/mol. The van der Waals surface area contributed by atoms with Crippen LogP contribution in [0.1, 0.15) is 75.0 Å². The minimum absolute atomic E-state index is 0.135. The first-order valence-electron chi connectivity index (χ1n) is 11.5. The number of nitrogens with zero attached hydrogens (tertiary/aromatic N) is 1. The first-order chi connectivity index (χ1) is 15.3. The Balaban J connectivity index is 1.90. The van der Waals surface area contributed by atoms with Gasteiger partial charge in [0, 0.05) is 29.0 Å². The summed E-state index contributed by atoms with van der Waals surface area (Å²) >= 11 is 0. The molecule has 0 radical (unpaired) electrons. The molecule has 1 amide bonds. The van der Waals surface area contributed by atoms with Gasteiger partial charge < -0.3 is 14.4 Å². The van der Waals surface area contributed by atoms with E-state index in [1.165, 1.54) is 7.11 Å². The van der Waals surface area contributed by atoms with Gasteiger partial charge in [-0.15, -0.1) is 0 Å². The molecule has 170 valence electrons. The molecule has 5 heteroatoms. The van der Waals surface area contributed by atoms with Crippen LogP contribution < -0.4 is 9.64 Å². The number of fused-ring (bicyclic) bond motifs is 3. The highest BCUT2D eigenvalue weighted by molar-refractivity contribution is 6.00. The predicted molar refractivity (Wildman–Crippen MR) is 125 cm³/mol. The van der Waals surface area contributed by atoms with E-state index in [0.717, 1.165) is 48.1 Å². The smallest absolute Gasteiger partial charge is 0.317 e. The van der Waals surface area contributed by atoms with Crippen molar-refractivity contribution >= 4 is 17.6 Å². The van der Waals surface area contributed by atoms with Crippen molar-refractivity contribution in [2.24, 2.45) is 5.41 Å². The van der Waals surface area contributed by atoms with Gasteiger partial charge in [0.2, 0.25) is 5.91 Å². The second kappa shape index (κ2) is 8.61. The molecule has 2 aromatic carbocycles. The van der Waals surface area contributed by atoms with Crippen LogP contribution in [-0.2, 0) is 14.3 Å². The number of benzene rings is 2. The number of ether oxygens (including phenoxy) is 2. The molecule has 3 atom stereocenters. The summed E-state index contributed by atoms with van der Waals surface area (Å²) in [6.07, 6.45) is 4.32. The molecule has 1 fully saturated rings. The number of anilines is 1. The lowest BCUT2D eigenvalue weighted by Gasteiger charge is -2.35. The summed E-state index contributed by atoms with van der Waals surface area (Å²) in [5, 5.41) is 0. The summed E-state index contributed by atoms with van der Waals surface area (Å²) < 4.78 is 11.0. The zero-order valence-corrected chi connectivity index (χ0v) is 19.7. The maximum Gasteiger partial charge on any atom is 0.317 e. The number of esters is 1. The molecule has 0 aromatic heterocycles. The summed E-state index contributed by atoms with van der Waals surface area (Å²) in [5.74, 6) is 0.110. The zero-order chi connectivity index (χ0) is 23.0. The lowest BCUT2D eigenvalue weighted by molar-refractivity contribution is -0.141. The second-order valence-corrected chi connectivity index (χ2v) is 9.90. The summed E-state index contributed by atoms with van der Waals surface area (Å²) in [7, 11) is 3.03. The van der Waals surface area contributed by atoms with Crippen LogP contribution in [-0.4, -0.2) is 32.1 Å². The largest absolute Gasteiger partial charge is 0.496 e. The Hall–Kier alpha value is -2.82. The van der Waals surface area contributed by atoms with E-state index in [0.29, 0.717) is 5.75 Å². The fourth-order valence-electron chi connectivity index (χ4n) is 5.30. The molecule has 0 spiro atoms. The number of rotatable bonds is 4. The topological polar surface area (TPSA) is 55.8 Å². The predicted octanol–water partition coefficient (Wildman–Crippen LogP) is 5.42. The van der Waals surface area contributed by atoms with Gasteiger partial charge in [0.05, 0.1) is 19.9 Å². The second-order valence-electron chi connectivity index (χ2n) is 9.90. The van der Waals surface area contributed by atoms with Gasteiger partial charge in [-0.3, -0.25) is 9.59 Å². The van der Waals surface area contributed by atoms with Crippen molar-refractivity contribution in [3.63, 3.8) is 0 Å². The Bertz CT molecular complexity index is 1010. The van der Waals surface area contributed by atoms with Gasteiger partial charge in [-0.05, 0) is 30.0 Å². The lowest BCUT2D eigenvalue weighted by Crippen LogP contribution is -2.45. The summed E-state index contributed by atoms with van der Waals surface area (Å²) in [5.41, 5.74) is 3.25. The van der Waals surface area contributed by atoms with Crippen LogP contribution in [0.3, 0.4) is 0 Å². The number of amides is 1. The molecule has 2 aromatic rings. The minimum Gasteiger partial charge on any atom is -0.496 e. The number of hydrogen-bond acceptors (Lipinski definition) is 4. The first kappa shape index (κ1) is 22.4. The molecule has 1 aliphatic carbocycles. The Morgan fingerprint density at radius 3 is 2.34 bits per heavy atom. The summed E-state index contributed by atoms with van der Waals surface area (Å²) in [6, 6.07) is 13.9. The van der Waals surface area contributed by atoms with Crippen molar-refractivity contribution < 1.29 is 19.1 Å². The van der Waals surface area contributed by atoms with E-state index in [1.54, 1.807) is 7.11 Å². The van der Waals surface area contributed by atoms with Crippen molar-refractivity contribution in [1.82, 2.24) is 0 Å². The van der Waals surface area contributed by atoms with Crippen LogP contribution in [0.5, 0.6) is 5.75 Å². The zero-order valence-electron chi connectivity index (χ0n) is 19.7. The van der Waals surface area contributed by atoms with E-state index in [4.69, 9.17) is 9.47 Å². The van der Waals surface area contributed by atoms with Crippen molar-refractivity contribution in [3.8, 4) is 5.75 Å². The van der Waals surface area contributed by atoms with Crippen molar-refractivity contribution in [2.75, 3.05) is 19.1 Å². The van der Waals surface area contributed by atoms with E-state index in [-0.39, 0.29) is 23.8 Å². The van der Waals surface area contributed by atoms with Crippen LogP contribution in [0.25, 0.3) is 0 Å². The Morgan fingerprint density at radius 2 is 1.72 bits per heavy atom. The number of carbonyl (C=O) groups excluding carboxylic acids is 2. The van der Waals surface area contributed by atoms with Crippen molar-refractivity contribution in [2.45, 2.75) is 64.3 Å². The third-order valence-corrected chi connectivity index (χ3v) is 6.84. The average Bonchev–Trinajstić information content (AvgIpc) is 3.11. The van der Waals surface area contributed by atoms with Crippen LogP contribution in [0.4, 0.5) is 5.69 Å². The summed E-state index contributed by atoms with van der Waals surface area (Å²) in [4.78, 5) is 28.4. The highest BCUT2D eigenvalue weighted by atomic mass is 16.5. The molecule has 32 heavy (non-hydrogen) atoms. The normalized spacial score (nSPS) is 20.8. The fraction of sp³-hybridized carbons (Fsp3) is 0.481. The van der Waals surface area contributed by atoms with Crippen molar-refractivity contribution in [1.29, 1.82) is 0 Å². The van der Waals surface area contributed by atoms with E-state index >= 15 is 0 Å². The Kier molecular flexibility index (Phi) is 6.02. The molecule has 1 aliphatic heterocycles. The van der Waals surface area contributed by atoms with E-state index in [1.807, 2.05) is 62.1 Å². The molecule has 1 heterocycles. The number of methoxy groups -OCH3 is 2. The maximum atomic E-state index is 13.5. The molecule has 0 bridgehead atoms. The molecule has 4 rings (SSSR count). The Morgan fingerprint density at radius 1 is 1.03 bits per heavy atom.